The van der Waals surface area contributed by atoms with E-state index in [-0.39, 0.29) is 0 Å². The molecule has 1 aliphatic carbocycles. The molecular weight excluding hydrogens is 238 g/mol. The molecule has 0 amide bonds. The lowest BCUT2D eigenvalue weighted by molar-refractivity contribution is -0.145. The lowest BCUT2D eigenvalue weighted by atomic mass is 9.68. The Labute approximate surface area is 115 Å². The molecule has 0 spiro atoms. The van der Waals surface area contributed by atoms with E-state index < -0.39 is 11.4 Å². The van der Waals surface area contributed by atoms with Gasteiger partial charge in [0.05, 0.1) is 5.41 Å². The van der Waals surface area contributed by atoms with Crippen molar-refractivity contribution in [2.75, 3.05) is 7.05 Å². The zero-order valence-corrected chi connectivity index (χ0v) is 11.8. The van der Waals surface area contributed by atoms with Gasteiger partial charge in [0.15, 0.2) is 0 Å². The van der Waals surface area contributed by atoms with Gasteiger partial charge >= 0.3 is 5.97 Å². The molecule has 19 heavy (non-hydrogen) atoms. The summed E-state index contributed by atoms with van der Waals surface area (Å²) in [6.45, 7) is 2.11. The van der Waals surface area contributed by atoms with Gasteiger partial charge in [0.2, 0.25) is 0 Å². The Morgan fingerprint density at radius 1 is 1.32 bits per heavy atom. The summed E-state index contributed by atoms with van der Waals surface area (Å²) in [5.74, 6) is -0.675. The van der Waals surface area contributed by atoms with Crippen molar-refractivity contribution in [3.63, 3.8) is 0 Å². The summed E-state index contributed by atoms with van der Waals surface area (Å²) < 4.78 is 0. The Bertz CT molecular complexity index is 431. The zero-order chi connectivity index (χ0) is 13.9. The first-order valence-electron chi connectivity index (χ1n) is 7.12. The summed E-state index contributed by atoms with van der Waals surface area (Å²) in [7, 11) is 1.95. The van der Waals surface area contributed by atoms with Crippen LogP contribution in [0, 0.1) is 0 Å². The van der Waals surface area contributed by atoms with Crippen molar-refractivity contribution in [1.82, 2.24) is 5.32 Å². The van der Waals surface area contributed by atoms with Gasteiger partial charge in [0.1, 0.15) is 0 Å². The van der Waals surface area contributed by atoms with Crippen LogP contribution in [-0.4, -0.2) is 24.2 Å². The van der Waals surface area contributed by atoms with E-state index in [2.05, 4.69) is 24.4 Å². The number of aliphatic carboxylic acids is 1. The molecule has 3 heteroatoms. The van der Waals surface area contributed by atoms with Crippen molar-refractivity contribution in [2.24, 2.45) is 0 Å². The van der Waals surface area contributed by atoms with E-state index in [4.69, 9.17) is 0 Å². The SMILES string of the molecule is CCc1ccc(C2(C(=O)O)CCC(NC)CC2)cc1. The molecule has 1 aliphatic rings. The Balaban J connectivity index is 2.27. The van der Waals surface area contributed by atoms with Gasteiger partial charge in [0, 0.05) is 6.04 Å². The highest BCUT2D eigenvalue weighted by Crippen LogP contribution is 2.39. The average Bonchev–Trinajstić information content (AvgIpc) is 2.47. The maximum atomic E-state index is 11.8. The number of aryl methyl sites for hydroxylation is 1. The standard InChI is InChI=1S/C16H23NO2/c1-3-12-4-6-13(7-5-12)16(15(18)19)10-8-14(17-2)9-11-16/h4-7,14,17H,3,8-11H2,1-2H3,(H,18,19). The number of carbonyl (C=O) groups is 1. The predicted octanol–water partition coefficient (Wildman–Crippen LogP) is 2.73. The van der Waals surface area contributed by atoms with Gasteiger partial charge in [-0.1, -0.05) is 31.2 Å². The molecule has 104 valence electrons. The molecule has 1 saturated carbocycles. The summed E-state index contributed by atoms with van der Waals surface area (Å²) in [6.07, 6.45) is 4.29. The number of hydrogen-bond acceptors (Lipinski definition) is 2. The normalized spacial score (nSPS) is 27.2. The van der Waals surface area contributed by atoms with Gasteiger partial charge in [-0.2, -0.15) is 0 Å². The van der Waals surface area contributed by atoms with Crippen molar-refractivity contribution in [3.05, 3.63) is 35.4 Å². The van der Waals surface area contributed by atoms with Crippen molar-refractivity contribution in [2.45, 2.75) is 50.5 Å². The fourth-order valence-electron chi connectivity index (χ4n) is 3.08. The Morgan fingerprint density at radius 3 is 2.32 bits per heavy atom. The van der Waals surface area contributed by atoms with Gasteiger partial charge in [-0.15, -0.1) is 0 Å². The second kappa shape index (κ2) is 5.74. The number of benzene rings is 1. The quantitative estimate of drug-likeness (QED) is 0.876. The average molecular weight is 261 g/mol. The molecule has 1 aromatic carbocycles. The monoisotopic (exact) mass is 261 g/mol. The third-order valence-electron chi connectivity index (χ3n) is 4.57. The van der Waals surface area contributed by atoms with E-state index in [9.17, 15) is 9.90 Å². The molecule has 2 rings (SSSR count). The van der Waals surface area contributed by atoms with Crippen molar-refractivity contribution < 1.29 is 9.90 Å². The number of carboxylic acid groups (broad SMARTS) is 1. The molecule has 0 aliphatic heterocycles. The first-order valence-corrected chi connectivity index (χ1v) is 7.12. The molecule has 0 bridgehead atoms. The van der Waals surface area contributed by atoms with E-state index in [0.29, 0.717) is 6.04 Å². The molecule has 0 radical (unpaired) electrons. The van der Waals surface area contributed by atoms with Crippen LogP contribution >= 0.6 is 0 Å². The van der Waals surface area contributed by atoms with E-state index in [0.717, 1.165) is 37.7 Å². The minimum atomic E-state index is -0.681. The second-order valence-electron chi connectivity index (χ2n) is 5.50. The van der Waals surface area contributed by atoms with Crippen LogP contribution < -0.4 is 5.32 Å². The third kappa shape index (κ3) is 2.66. The molecule has 3 nitrogen and oxygen atoms in total. The van der Waals surface area contributed by atoms with Crippen LogP contribution in [0.15, 0.2) is 24.3 Å². The molecule has 2 N–H and O–H groups in total. The smallest absolute Gasteiger partial charge is 0.314 e. The maximum absolute atomic E-state index is 11.8. The van der Waals surface area contributed by atoms with E-state index >= 15 is 0 Å². The topological polar surface area (TPSA) is 49.3 Å². The first-order chi connectivity index (χ1) is 9.12. The van der Waals surface area contributed by atoms with E-state index in [1.807, 2.05) is 19.2 Å². The fraction of sp³-hybridized carbons (Fsp3) is 0.562. The second-order valence-corrected chi connectivity index (χ2v) is 5.50. The Kier molecular flexibility index (Phi) is 4.25. The number of hydrogen-bond donors (Lipinski definition) is 2. The van der Waals surface area contributed by atoms with Gasteiger partial charge < -0.3 is 10.4 Å². The summed E-state index contributed by atoms with van der Waals surface area (Å²) in [5, 5.41) is 13.0. The van der Waals surface area contributed by atoms with Crippen LogP contribution in [0.5, 0.6) is 0 Å². The minimum Gasteiger partial charge on any atom is -0.481 e. The molecular formula is C16H23NO2. The Hall–Kier alpha value is -1.35. The summed E-state index contributed by atoms with van der Waals surface area (Å²) in [6, 6.07) is 8.59. The fourth-order valence-corrected chi connectivity index (χ4v) is 3.08. The highest BCUT2D eigenvalue weighted by atomic mass is 16.4. The van der Waals surface area contributed by atoms with Gasteiger partial charge in [0.25, 0.3) is 0 Å². The summed E-state index contributed by atoms with van der Waals surface area (Å²) >= 11 is 0. The van der Waals surface area contributed by atoms with Gasteiger partial charge in [-0.3, -0.25) is 4.79 Å². The minimum absolute atomic E-state index is 0.461. The van der Waals surface area contributed by atoms with Crippen LogP contribution in [0.1, 0.15) is 43.7 Å². The van der Waals surface area contributed by atoms with E-state index in [1.54, 1.807) is 0 Å². The molecule has 0 aromatic heterocycles. The van der Waals surface area contributed by atoms with Crippen LogP contribution in [0.4, 0.5) is 0 Å². The highest BCUT2D eigenvalue weighted by molar-refractivity contribution is 5.81. The van der Waals surface area contributed by atoms with Crippen LogP contribution in [0.2, 0.25) is 0 Å². The summed E-state index contributed by atoms with van der Waals surface area (Å²) in [5.41, 5.74) is 1.54. The van der Waals surface area contributed by atoms with Crippen molar-refractivity contribution in [3.8, 4) is 0 Å². The lowest BCUT2D eigenvalue weighted by Crippen LogP contribution is -2.43. The molecule has 0 saturated heterocycles. The largest absolute Gasteiger partial charge is 0.481 e. The zero-order valence-electron chi connectivity index (χ0n) is 11.8. The third-order valence-corrected chi connectivity index (χ3v) is 4.57. The molecule has 0 unspecified atom stereocenters. The highest BCUT2D eigenvalue weighted by Gasteiger charge is 2.43. The summed E-state index contributed by atoms with van der Waals surface area (Å²) in [4.78, 5) is 11.8. The number of nitrogens with one attached hydrogen (secondary N) is 1. The predicted molar refractivity (Wildman–Crippen MR) is 76.4 cm³/mol. The van der Waals surface area contributed by atoms with Gasteiger partial charge in [-0.25, -0.2) is 0 Å². The van der Waals surface area contributed by atoms with Crippen LogP contribution in [0.3, 0.4) is 0 Å². The van der Waals surface area contributed by atoms with Crippen molar-refractivity contribution >= 4 is 5.97 Å². The lowest BCUT2D eigenvalue weighted by Gasteiger charge is -2.37. The van der Waals surface area contributed by atoms with Crippen molar-refractivity contribution in [1.29, 1.82) is 0 Å². The number of carboxylic acids is 1. The first kappa shape index (κ1) is 14.1. The van der Waals surface area contributed by atoms with E-state index in [1.165, 1.54) is 5.56 Å². The molecule has 1 fully saturated rings. The Morgan fingerprint density at radius 2 is 1.89 bits per heavy atom. The molecule has 0 heterocycles. The molecule has 0 atom stereocenters. The number of rotatable bonds is 4. The van der Waals surface area contributed by atoms with Crippen LogP contribution in [-0.2, 0) is 16.6 Å². The van der Waals surface area contributed by atoms with Gasteiger partial charge in [-0.05, 0) is 50.3 Å². The van der Waals surface area contributed by atoms with Crippen LogP contribution in [0.25, 0.3) is 0 Å². The molecule has 1 aromatic rings. The maximum Gasteiger partial charge on any atom is 0.314 e.